The molecule has 0 radical (unpaired) electrons. The van der Waals surface area contributed by atoms with Crippen LogP contribution in [0.25, 0.3) is 0 Å². The third kappa shape index (κ3) is 5.63. The SMILES string of the molecule is CCC(CC)C(O)CNCc1cc(F)cc(C(F)(F)F)c1. The minimum atomic E-state index is -4.56. The second kappa shape index (κ2) is 7.75. The van der Waals surface area contributed by atoms with Crippen LogP contribution in [0.3, 0.4) is 0 Å². The number of alkyl halides is 3. The molecule has 0 fully saturated rings. The first kappa shape index (κ1) is 17.9. The van der Waals surface area contributed by atoms with Gasteiger partial charge < -0.3 is 10.4 Å². The summed E-state index contributed by atoms with van der Waals surface area (Å²) in [7, 11) is 0. The highest BCUT2D eigenvalue weighted by molar-refractivity contribution is 5.26. The quantitative estimate of drug-likeness (QED) is 0.752. The van der Waals surface area contributed by atoms with Gasteiger partial charge in [0.25, 0.3) is 0 Å². The van der Waals surface area contributed by atoms with E-state index in [0.717, 1.165) is 25.0 Å². The Morgan fingerprint density at radius 3 is 2.29 bits per heavy atom. The molecule has 0 saturated carbocycles. The smallest absolute Gasteiger partial charge is 0.392 e. The van der Waals surface area contributed by atoms with Crippen LogP contribution in [0, 0.1) is 11.7 Å². The molecular weight excluding hydrogens is 286 g/mol. The Kier molecular flexibility index (Phi) is 6.61. The molecule has 0 aliphatic heterocycles. The van der Waals surface area contributed by atoms with Gasteiger partial charge in [-0.3, -0.25) is 0 Å². The van der Waals surface area contributed by atoms with Crippen molar-refractivity contribution in [3.63, 3.8) is 0 Å². The Balaban J connectivity index is 2.62. The van der Waals surface area contributed by atoms with Crippen LogP contribution in [-0.2, 0) is 12.7 Å². The van der Waals surface area contributed by atoms with E-state index < -0.39 is 23.7 Å². The van der Waals surface area contributed by atoms with E-state index in [1.165, 1.54) is 0 Å². The molecule has 0 aliphatic rings. The number of aliphatic hydroxyl groups is 1. The van der Waals surface area contributed by atoms with Crippen LogP contribution in [0.15, 0.2) is 18.2 Å². The molecule has 0 amide bonds. The molecule has 0 saturated heterocycles. The molecule has 0 spiro atoms. The third-order valence-electron chi connectivity index (χ3n) is 3.56. The summed E-state index contributed by atoms with van der Waals surface area (Å²) < 4.78 is 50.9. The fourth-order valence-electron chi connectivity index (χ4n) is 2.28. The van der Waals surface area contributed by atoms with E-state index in [-0.39, 0.29) is 24.6 Å². The number of benzene rings is 1. The summed E-state index contributed by atoms with van der Waals surface area (Å²) >= 11 is 0. The zero-order chi connectivity index (χ0) is 16.0. The minimum Gasteiger partial charge on any atom is -0.392 e. The minimum absolute atomic E-state index is 0.0814. The first-order valence-electron chi connectivity index (χ1n) is 7.03. The lowest BCUT2D eigenvalue weighted by Gasteiger charge is -2.20. The first-order chi connectivity index (χ1) is 9.77. The molecule has 1 rings (SSSR count). The summed E-state index contributed by atoms with van der Waals surface area (Å²) in [5.74, 6) is -0.766. The number of hydrogen-bond donors (Lipinski definition) is 2. The van der Waals surface area contributed by atoms with Gasteiger partial charge in [-0.2, -0.15) is 13.2 Å². The summed E-state index contributed by atoms with van der Waals surface area (Å²) in [6.45, 7) is 4.29. The third-order valence-corrected chi connectivity index (χ3v) is 3.56. The molecule has 120 valence electrons. The van der Waals surface area contributed by atoms with Gasteiger partial charge in [0.2, 0.25) is 0 Å². The van der Waals surface area contributed by atoms with E-state index >= 15 is 0 Å². The van der Waals surface area contributed by atoms with Crippen LogP contribution in [0.1, 0.15) is 37.8 Å². The van der Waals surface area contributed by atoms with Crippen molar-refractivity contribution in [3.05, 3.63) is 35.1 Å². The summed E-state index contributed by atoms with van der Waals surface area (Å²) in [6.07, 6.45) is -3.46. The van der Waals surface area contributed by atoms with Crippen LogP contribution in [0.4, 0.5) is 17.6 Å². The van der Waals surface area contributed by atoms with Crippen molar-refractivity contribution in [2.75, 3.05) is 6.54 Å². The maximum atomic E-state index is 13.2. The second-order valence-electron chi connectivity index (χ2n) is 5.12. The zero-order valence-electron chi connectivity index (χ0n) is 12.2. The fraction of sp³-hybridized carbons (Fsp3) is 0.600. The zero-order valence-corrected chi connectivity index (χ0v) is 12.2. The second-order valence-corrected chi connectivity index (χ2v) is 5.12. The highest BCUT2D eigenvalue weighted by atomic mass is 19.4. The van der Waals surface area contributed by atoms with Crippen molar-refractivity contribution in [1.82, 2.24) is 5.32 Å². The summed E-state index contributed by atoms with van der Waals surface area (Å²) in [6, 6.07) is 2.45. The topological polar surface area (TPSA) is 32.3 Å². The first-order valence-corrected chi connectivity index (χ1v) is 7.03. The van der Waals surface area contributed by atoms with Crippen molar-refractivity contribution < 1.29 is 22.7 Å². The van der Waals surface area contributed by atoms with E-state index in [1.54, 1.807) is 0 Å². The van der Waals surface area contributed by atoms with Crippen LogP contribution in [0.5, 0.6) is 0 Å². The highest BCUT2D eigenvalue weighted by Crippen LogP contribution is 2.30. The van der Waals surface area contributed by atoms with Gasteiger partial charge in [-0.1, -0.05) is 26.7 Å². The number of aliphatic hydroxyl groups excluding tert-OH is 1. The molecule has 0 bridgehead atoms. The van der Waals surface area contributed by atoms with Crippen molar-refractivity contribution in [3.8, 4) is 0 Å². The standard InChI is InChI=1S/C15H21F4NO/c1-3-11(4-2)14(21)9-20-8-10-5-12(15(17,18)19)7-13(16)6-10/h5-7,11,14,20-21H,3-4,8-9H2,1-2H3. The molecule has 1 atom stereocenters. The van der Waals surface area contributed by atoms with Crippen molar-refractivity contribution in [2.24, 2.45) is 5.92 Å². The average Bonchev–Trinajstić information content (AvgIpc) is 2.38. The van der Waals surface area contributed by atoms with Gasteiger partial charge in [0.15, 0.2) is 0 Å². The van der Waals surface area contributed by atoms with Gasteiger partial charge in [0.1, 0.15) is 5.82 Å². The lowest BCUT2D eigenvalue weighted by Crippen LogP contribution is -2.32. The molecule has 0 aliphatic carbocycles. The van der Waals surface area contributed by atoms with Gasteiger partial charge in [-0.15, -0.1) is 0 Å². The molecule has 6 heteroatoms. The molecule has 2 N–H and O–H groups in total. The molecule has 0 aromatic heterocycles. The average molecular weight is 307 g/mol. The number of hydrogen-bond acceptors (Lipinski definition) is 2. The Bertz CT molecular complexity index is 444. The monoisotopic (exact) mass is 307 g/mol. The summed E-state index contributed by atoms with van der Waals surface area (Å²) in [5.41, 5.74) is -0.793. The van der Waals surface area contributed by atoms with E-state index in [1.807, 2.05) is 13.8 Å². The maximum absolute atomic E-state index is 13.2. The Morgan fingerprint density at radius 2 is 1.76 bits per heavy atom. The molecule has 0 heterocycles. The molecule has 2 nitrogen and oxygen atoms in total. The van der Waals surface area contributed by atoms with Crippen molar-refractivity contribution in [2.45, 2.75) is 45.5 Å². The normalized spacial score (nSPS) is 13.7. The van der Waals surface area contributed by atoms with Gasteiger partial charge in [0, 0.05) is 13.1 Å². The number of nitrogens with one attached hydrogen (secondary N) is 1. The van der Waals surface area contributed by atoms with Gasteiger partial charge in [-0.25, -0.2) is 4.39 Å². The highest BCUT2D eigenvalue weighted by Gasteiger charge is 2.31. The van der Waals surface area contributed by atoms with Gasteiger partial charge in [-0.05, 0) is 29.7 Å². The summed E-state index contributed by atoms with van der Waals surface area (Å²) in [4.78, 5) is 0. The lowest BCUT2D eigenvalue weighted by molar-refractivity contribution is -0.137. The van der Waals surface area contributed by atoms with Crippen LogP contribution in [0.2, 0.25) is 0 Å². The lowest BCUT2D eigenvalue weighted by atomic mass is 9.96. The van der Waals surface area contributed by atoms with Gasteiger partial charge >= 0.3 is 6.18 Å². The molecule has 1 unspecified atom stereocenters. The molecular formula is C15H21F4NO. The Hall–Kier alpha value is -1.14. The molecule has 1 aromatic carbocycles. The maximum Gasteiger partial charge on any atom is 0.416 e. The van der Waals surface area contributed by atoms with E-state index in [0.29, 0.717) is 6.07 Å². The van der Waals surface area contributed by atoms with E-state index in [4.69, 9.17) is 0 Å². The molecule has 21 heavy (non-hydrogen) atoms. The largest absolute Gasteiger partial charge is 0.416 e. The van der Waals surface area contributed by atoms with Crippen LogP contribution in [-0.4, -0.2) is 17.8 Å². The number of halogens is 4. The predicted octanol–water partition coefficient (Wildman–Crippen LogP) is 3.73. The van der Waals surface area contributed by atoms with E-state index in [2.05, 4.69) is 5.32 Å². The summed E-state index contributed by atoms with van der Waals surface area (Å²) in [5, 5.41) is 12.8. The van der Waals surface area contributed by atoms with E-state index in [9.17, 15) is 22.7 Å². The van der Waals surface area contributed by atoms with Crippen molar-refractivity contribution in [1.29, 1.82) is 0 Å². The van der Waals surface area contributed by atoms with Crippen LogP contribution < -0.4 is 5.32 Å². The Morgan fingerprint density at radius 1 is 1.14 bits per heavy atom. The van der Waals surface area contributed by atoms with Gasteiger partial charge in [0.05, 0.1) is 11.7 Å². The fourth-order valence-corrected chi connectivity index (χ4v) is 2.28. The van der Waals surface area contributed by atoms with Crippen LogP contribution >= 0.6 is 0 Å². The predicted molar refractivity (Wildman–Crippen MR) is 73.2 cm³/mol. The molecule has 1 aromatic rings. The van der Waals surface area contributed by atoms with Crippen molar-refractivity contribution >= 4 is 0 Å². The Labute approximate surface area is 122 Å². The number of rotatable bonds is 7.